The van der Waals surface area contributed by atoms with E-state index >= 15 is 0 Å². The summed E-state index contributed by atoms with van der Waals surface area (Å²) in [6, 6.07) is 3.96. The zero-order valence-corrected chi connectivity index (χ0v) is 16.1. The third-order valence-corrected chi connectivity index (χ3v) is 4.52. The molecule has 1 amide bonds. The first-order valence-electron chi connectivity index (χ1n) is 9.36. The highest BCUT2D eigenvalue weighted by atomic mass is 16.5. The third kappa shape index (κ3) is 5.54. The van der Waals surface area contributed by atoms with Crippen molar-refractivity contribution in [1.29, 1.82) is 0 Å². The Balaban J connectivity index is 1.51. The summed E-state index contributed by atoms with van der Waals surface area (Å²) in [4.78, 5) is 18.9. The summed E-state index contributed by atoms with van der Waals surface area (Å²) in [5.74, 6) is 0.533. The molecule has 0 aromatic carbocycles. The number of carbonyl (C=O) groups is 1. The zero-order valence-electron chi connectivity index (χ0n) is 16.1. The molecular weight excluding hydrogens is 346 g/mol. The molecule has 1 N–H and O–H groups in total. The van der Waals surface area contributed by atoms with Gasteiger partial charge in [-0.25, -0.2) is 4.68 Å². The molecule has 1 fully saturated rings. The number of carbonyl (C=O) groups excluding carboxylic acids is 1. The van der Waals surface area contributed by atoms with E-state index in [0.717, 1.165) is 25.2 Å². The van der Waals surface area contributed by atoms with Crippen LogP contribution in [0.25, 0.3) is 0 Å². The van der Waals surface area contributed by atoms with Gasteiger partial charge in [0.05, 0.1) is 31.0 Å². The molecule has 2 aromatic rings. The molecule has 146 valence electrons. The van der Waals surface area contributed by atoms with Crippen molar-refractivity contribution in [3.63, 3.8) is 0 Å². The van der Waals surface area contributed by atoms with Crippen molar-refractivity contribution in [2.45, 2.75) is 59.0 Å². The Morgan fingerprint density at radius 2 is 2.07 bits per heavy atom. The Bertz CT molecular complexity index is 736. The van der Waals surface area contributed by atoms with Gasteiger partial charge in [-0.3, -0.25) is 14.7 Å². The van der Waals surface area contributed by atoms with Gasteiger partial charge in [-0.05, 0) is 42.3 Å². The molecule has 2 atom stereocenters. The number of aryl methyl sites for hydroxylation is 1. The van der Waals surface area contributed by atoms with Crippen LogP contribution in [0.2, 0.25) is 0 Å². The molecule has 0 unspecified atom stereocenters. The van der Waals surface area contributed by atoms with Crippen molar-refractivity contribution in [2.75, 3.05) is 13.1 Å². The Kier molecular flexibility index (Phi) is 6.46. The summed E-state index contributed by atoms with van der Waals surface area (Å²) in [7, 11) is 0. The van der Waals surface area contributed by atoms with E-state index in [4.69, 9.17) is 4.74 Å². The van der Waals surface area contributed by atoms with Gasteiger partial charge in [-0.1, -0.05) is 13.0 Å². The lowest BCUT2D eigenvalue weighted by Crippen LogP contribution is -2.45. The number of aromatic nitrogens is 5. The Morgan fingerprint density at radius 3 is 2.74 bits per heavy atom. The van der Waals surface area contributed by atoms with Crippen LogP contribution >= 0.6 is 0 Å². The molecule has 3 rings (SSSR count). The average Bonchev–Trinajstić information content (AvgIpc) is 3.06. The highest BCUT2D eigenvalue weighted by Gasteiger charge is 2.24. The molecule has 27 heavy (non-hydrogen) atoms. The molecule has 1 aliphatic heterocycles. The van der Waals surface area contributed by atoms with Crippen LogP contribution < -0.4 is 5.32 Å². The van der Waals surface area contributed by atoms with E-state index in [2.05, 4.69) is 51.5 Å². The molecule has 0 saturated carbocycles. The smallest absolute Gasteiger partial charge is 0.242 e. The molecule has 0 radical (unpaired) electrons. The van der Waals surface area contributed by atoms with Crippen LogP contribution in [0.5, 0.6) is 0 Å². The quantitative estimate of drug-likeness (QED) is 0.757. The van der Waals surface area contributed by atoms with Crippen LogP contribution in [0.1, 0.15) is 37.9 Å². The van der Waals surface area contributed by atoms with Gasteiger partial charge in [-0.2, -0.15) is 0 Å². The highest BCUT2D eigenvalue weighted by molar-refractivity contribution is 5.75. The van der Waals surface area contributed by atoms with Crippen molar-refractivity contribution in [1.82, 2.24) is 35.4 Å². The molecule has 1 saturated heterocycles. The Labute approximate surface area is 159 Å². The largest absolute Gasteiger partial charge is 0.373 e. The van der Waals surface area contributed by atoms with Crippen LogP contribution in [0, 0.1) is 0 Å². The average molecular weight is 373 g/mol. The van der Waals surface area contributed by atoms with Gasteiger partial charge < -0.3 is 10.1 Å². The molecule has 2 aromatic heterocycles. The maximum absolute atomic E-state index is 12.3. The second-order valence-corrected chi connectivity index (χ2v) is 6.99. The monoisotopic (exact) mass is 373 g/mol. The van der Waals surface area contributed by atoms with Crippen molar-refractivity contribution in [2.24, 2.45) is 0 Å². The van der Waals surface area contributed by atoms with Crippen molar-refractivity contribution in [3.8, 4) is 0 Å². The van der Waals surface area contributed by atoms with Gasteiger partial charge in [0, 0.05) is 19.3 Å². The SMILES string of the molecule is CCc1ccc(CNC(=O)Cn2nnnc2CN2C[C@@H](C)O[C@@H](C)C2)nc1. The van der Waals surface area contributed by atoms with Gasteiger partial charge in [0.25, 0.3) is 0 Å². The number of hydrogen-bond donors (Lipinski definition) is 1. The van der Waals surface area contributed by atoms with Crippen molar-refractivity contribution >= 4 is 5.91 Å². The predicted octanol–water partition coefficient (Wildman–Crippen LogP) is 0.556. The normalized spacial score (nSPS) is 20.6. The minimum atomic E-state index is -0.145. The third-order valence-electron chi connectivity index (χ3n) is 4.52. The maximum Gasteiger partial charge on any atom is 0.242 e. The number of nitrogens with zero attached hydrogens (tertiary/aromatic N) is 6. The first kappa shape index (κ1) is 19.4. The first-order valence-corrected chi connectivity index (χ1v) is 9.36. The lowest BCUT2D eigenvalue weighted by atomic mass is 10.2. The molecule has 0 aliphatic carbocycles. The summed E-state index contributed by atoms with van der Waals surface area (Å²) in [5.41, 5.74) is 2.00. The molecule has 0 spiro atoms. The summed E-state index contributed by atoms with van der Waals surface area (Å²) in [6.07, 6.45) is 3.13. The fourth-order valence-electron chi connectivity index (χ4n) is 3.22. The van der Waals surface area contributed by atoms with Gasteiger partial charge in [0.2, 0.25) is 5.91 Å². The fourth-order valence-corrected chi connectivity index (χ4v) is 3.22. The van der Waals surface area contributed by atoms with Crippen LogP contribution in [-0.4, -0.2) is 61.3 Å². The number of pyridine rings is 1. The minimum Gasteiger partial charge on any atom is -0.373 e. The summed E-state index contributed by atoms with van der Waals surface area (Å²) in [5, 5.41) is 14.6. The van der Waals surface area contributed by atoms with E-state index in [0.29, 0.717) is 18.9 Å². The van der Waals surface area contributed by atoms with Crippen LogP contribution in [0.4, 0.5) is 0 Å². The number of rotatable bonds is 7. The van der Waals surface area contributed by atoms with E-state index in [1.807, 2.05) is 18.3 Å². The second kappa shape index (κ2) is 9.01. The second-order valence-electron chi connectivity index (χ2n) is 6.99. The lowest BCUT2D eigenvalue weighted by molar-refractivity contribution is -0.122. The van der Waals surface area contributed by atoms with Gasteiger partial charge in [-0.15, -0.1) is 5.10 Å². The summed E-state index contributed by atoms with van der Waals surface area (Å²) >= 11 is 0. The number of nitrogens with one attached hydrogen (secondary N) is 1. The minimum absolute atomic E-state index is 0.0881. The molecule has 1 aliphatic rings. The predicted molar refractivity (Wildman–Crippen MR) is 98.6 cm³/mol. The molecule has 3 heterocycles. The molecule has 0 bridgehead atoms. The maximum atomic E-state index is 12.3. The van der Waals surface area contributed by atoms with E-state index < -0.39 is 0 Å². The Morgan fingerprint density at radius 1 is 1.30 bits per heavy atom. The van der Waals surface area contributed by atoms with E-state index in [-0.39, 0.29) is 24.7 Å². The first-order chi connectivity index (χ1) is 13.0. The highest BCUT2D eigenvalue weighted by Crippen LogP contribution is 2.12. The van der Waals surface area contributed by atoms with Crippen molar-refractivity contribution in [3.05, 3.63) is 35.4 Å². The summed E-state index contributed by atoms with van der Waals surface area (Å²) < 4.78 is 7.30. The topological polar surface area (TPSA) is 98.1 Å². The molecule has 9 nitrogen and oxygen atoms in total. The summed E-state index contributed by atoms with van der Waals surface area (Å²) in [6.45, 7) is 8.91. The number of morpholine rings is 1. The number of hydrogen-bond acceptors (Lipinski definition) is 7. The molecular formula is C18H27N7O2. The van der Waals surface area contributed by atoms with E-state index in [9.17, 15) is 4.79 Å². The molecule has 9 heteroatoms. The zero-order chi connectivity index (χ0) is 19.2. The van der Waals surface area contributed by atoms with Crippen molar-refractivity contribution < 1.29 is 9.53 Å². The number of amides is 1. The van der Waals surface area contributed by atoms with Gasteiger partial charge >= 0.3 is 0 Å². The fraction of sp³-hybridized carbons (Fsp3) is 0.611. The van der Waals surface area contributed by atoms with E-state index in [1.54, 1.807) is 4.68 Å². The number of ether oxygens (including phenoxy) is 1. The van der Waals surface area contributed by atoms with Crippen LogP contribution in [-0.2, 0) is 35.6 Å². The number of tetrazole rings is 1. The lowest BCUT2D eigenvalue weighted by Gasteiger charge is -2.34. The van der Waals surface area contributed by atoms with Crippen LogP contribution in [0.3, 0.4) is 0 Å². The van der Waals surface area contributed by atoms with Gasteiger partial charge in [0.15, 0.2) is 5.82 Å². The van der Waals surface area contributed by atoms with Gasteiger partial charge in [0.1, 0.15) is 6.54 Å². The van der Waals surface area contributed by atoms with E-state index in [1.165, 1.54) is 5.56 Å². The standard InChI is InChI=1S/C18H27N7O2/c1-4-15-5-6-16(19-7-15)8-20-18(26)12-25-17(21-22-23-25)11-24-9-13(2)27-14(3)10-24/h5-7,13-14H,4,8-12H2,1-3H3,(H,20,26)/t13-,14+. The van der Waals surface area contributed by atoms with Crippen LogP contribution in [0.15, 0.2) is 18.3 Å². The Hall–Kier alpha value is -2.39.